The maximum atomic E-state index is 13.1. The molecule has 3 unspecified atom stereocenters. The molecule has 1 aromatic rings. The fraction of sp³-hybridized carbons (Fsp3) is 0.583. The van der Waals surface area contributed by atoms with Gasteiger partial charge in [-0.1, -0.05) is 6.07 Å². The molecule has 1 aromatic carbocycles. The third kappa shape index (κ3) is 5.78. The molecule has 8 heteroatoms. The van der Waals surface area contributed by atoms with Crippen molar-refractivity contribution in [1.29, 1.82) is 0 Å². The summed E-state index contributed by atoms with van der Waals surface area (Å²) in [6, 6.07) is 5.70. The molecular weight excluding hydrogens is 428 g/mol. The molecule has 1 saturated carbocycles. The number of thioether (sulfide) groups is 1. The predicted molar refractivity (Wildman–Crippen MR) is 127 cm³/mol. The van der Waals surface area contributed by atoms with Crippen LogP contribution in [0.15, 0.2) is 23.1 Å². The summed E-state index contributed by atoms with van der Waals surface area (Å²) >= 11 is 1.64. The van der Waals surface area contributed by atoms with Gasteiger partial charge in [-0.15, -0.1) is 11.8 Å². The van der Waals surface area contributed by atoms with Crippen LogP contribution in [-0.4, -0.2) is 69.0 Å². The molecule has 7 nitrogen and oxygen atoms in total. The van der Waals surface area contributed by atoms with Gasteiger partial charge >= 0.3 is 0 Å². The van der Waals surface area contributed by atoms with Crippen molar-refractivity contribution >= 4 is 29.7 Å². The second-order valence-electron chi connectivity index (χ2n) is 8.11. The highest BCUT2D eigenvalue weighted by molar-refractivity contribution is 8.04. The Morgan fingerprint density at radius 2 is 2.03 bits per heavy atom. The number of likely N-dealkylation sites (N-methyl/N-ethyl adjacent to an activating group) is 1. The van der Waals surface area contributed by atoms with Crippen LogP contribution < -0.4 is 14.8 Å². The van der Waals surface area contributed by atoms with E-state index in [9.17, 15) is 9.59 Å². The zero-order valence-corrected chi connectivity index (χ0v) is 20.2. The van der Waals surface area contributed by atoms with Crippen molar-refractivity contribution in [2.24, 2.45) is 5.92 Å². The van der Waals surface area contributed by atoms with Crippen LogP contribution in [0.5, 0.6) is 11.5 Å². The zero-order valence-electron chi connectivity index (χ0n) is 19.4. The summed E-state index contributed by atoms with van der Waals surface area (Å²) in [5.74, 6) is 1.34. The van der Waals surface area contributed by atoms with Gasteiger partial charge in [0.05, 0.1) is 19.1 Å². The lowest BCUT2D eigenvalue weighted by Crippen LogP contribution is -2.52. The number of carbonyl (C=O) groups is 2. The molecule has 1 heterocycles. The van der Waals surface area contributed by atoms with Crippen LogP contribution in [0, 0.1) is 5.92 Å². The van der Waals surface area contributed by atoms with Gasteiger partial charge in [0.25, 0.3) is 5.91 Å². The van der Waals surface area contributed by atoms with E-state index < -0.39 is 0 Å². The van der Waals surface area contributed by atoms with Crippen molar-refractivity contribution in [3.8, 4) is 11.5 Å². The largest absolute Gasteiger partial charge is 0.493 e. The van der Waals surface area contributed by atoms with Gasteiger partial charge in [0.1, 0.15) is 0 Å². The lowest BCUT2D eigenvalue weighted by Gasteiger charge is -2.44. The SMILES string of the molecule is CCOCCCNC(=O)C1CCC2S/C(=C\c3ccc(OC)c(OC)c3)C(=O)N(C)C2C1. The van der Waals surface area contributed by atoms with E-state index in [0.717, 1.165) is 29.7 Å². The Morgan fingerprint density at radius 1 is 1.25 bits per heavy atom. The molecule has 1 N–H and O–H groups in total. The number of hydrogen-bond acceptors (Lipinski definition) is 6. The minimum atomic E-state index is -0.0458. The van der Waals surface area contributed by atoms with Crippen LogP contribution in [0.2, 0.25) is 0 Å². The average molecular weight is 463 g/mol. The first-order valence-corrected chi connectivity index (χ1v) is 12.1. The van der Waals surface area contributed by atoms with Gasteiger partial charge in [0.2, 0.25) is 5.91 Å². The summed E-state index contributed by atoms with van der Waals surface area (Å²) < 4.78 is 16.0. The molecule has 0 aromatic heterocycles. The third-order valence-corrected chi connectivity index (χ3v) is 7.51. The smallest absolute Gasteiger partial charge is 0.260 e. The molecule has 3 atom stereocenters. The first kappa shape index (κ1) is 24.5. The van der Waals surface area contributed by atoms with E-state index >= 15 is 0 Å². The molecule has 2 aliphatic rings. The quantitative estimate of drug-likeness (QED) is 0.448. The second-order valence-corrected chi connectivity index (χ2v) is 9.40. The predicted octanol–water partition coefficient (Wildman–Crippen LogP) is 3.33. The fourth-order valence-electron chi connectivity index (χ4n) is 4.30. The van der Waals surface area contributed by atoms with Gasteiger partial charge < -0.3 is 24.4 Å². The van der Waals surface area contributed by atoms with Crippen LogP contribution in [0.4, 0.5) is 0 Å². The molecule has 1 aliphatic heterocycles. The number of methoxy groups -OCH3 is 2. The molecule has 1 aliphatic carbocycles. The number of rotatable bonds is 9. The van der Waals surface area contributed by atoms with E-state index in [1.807, 2.05) is 43.1 Å². The van der Waals surface area contributed by atoms with E-state index in [1.165, 1.54) is 0 Å². The molecule has 32 heavy (non-hydrogen) atoms. The first-order chi connectivity index (χ1) is 15.5. The molecule has 2 fully saturated rings. The Hall–Kier alpha value is -2.19. The summed E-state index contributed by atoms with van der Waals surface area (Å²) in [4.78, 5) is 28.2. The molecule has 0 radical (unpaired) electrons. The number of ether oxygens (including phenoxy) is 3. The Kier molecular flexibility index (Phi) is 8.87. The minimum Gasteiger partial charge on any atom is -0.493 e. The monoisotopic (exact) mass is 462 g/mol. The van der Waals surface area contributed by atoms with Gasteiger partial charge in [-0.05, 0) is 56.4 Å². The number of nitrogens with one attached hydrogen (secondary N) is 1. The van der Waals surface area contributed by atoms with Crippen LogP contribution in [-0.2, 0) is 14.3 Å². The highest BCUT2D eigenvalue weighted by Crippen LogP contribution is 2.43. The van der Waals surface area contributed by atoms with Crippen LogP contribution in [0.25, 0.3) is 6.08 Å². The van der Waals surface area contributed by atoms with E-state index in [-0.39, 0.29) is 23.8 Å². The van der Waals surface area contributed by atoms with Gasteiger partial charge in [-0.2, -0.15) is 0 Å². The van der Waals surface area contributed by atoms with Crippen molar-refractivity contribution in [3.05, 3.63) is 28.7 Å². The standard InChI is InChI=1S/C24H34N2O5S/c1-5-31-12-6-11-25-23(27)17-8-10-21-18(15-17)26(2)24(28)22(32-21)14-16-7-9-19(29-3)20(13-16)30-4/h7,9,13-14,17-18,21H,5-6,8,10-12,15H2,1-4H3,(H,25,27)/b22-14-. The maximum absolute atomic E-state index is 13.1. The minimum absolute atomic E-state index is 0.00353. The van der Waals surface area contributed by atoms with E-state index in [2.05, 4.69) is 5.32 Å². The summed E-state index contributed by atoms with van der Waals surface area (Å²) in [7, 11) is 5.05. The van der Waals surface area contributed by atoms with E-state index in [0.29, 0.717) is 42.9 Å². The van der Waals surface area contributed by atoms with Crippen LogP contribution in [0.1, 0.15) is 38.2 Å². The summed E-state index contributed by atoms with van der Waals surface area (Å²) in [5, 5.41) is 3.33. The Morgan fingerprint density at radius 3 is 2.75 bits per heavy atom. The zero-order chi connectivity index (χ0) is 23.1. The van der Waals surface area contributed by atoms with E-state index in [1.54, 1.807) is 26.0 Å². The number of carbonyl (C=O) groups excluding carboxylic acids is 2. The van der Waals surface area contributed by atoms with Crippen molar-refractivity contribution in [2.75, 3.05) is 41.0 Å². The molecule has 2 amide bonds. The van der Waals surface area contributed by atoms with Crippen LogP contribution in [0.3, 0.4) is 0 Å². The third-order valence-electron chi connectivity index (χ3n) is 6.11. The lowest BCUT2D eigenvalue weighted by molar-refractivity contribution is -0.131. The van der Waals surface area contributed by atoms with E-state index in [4.69, 9.17) is 14.2 Å². The normalized spacial score (nSPS) is 24.2. The Balaban J connectivity index is 1.63. The maximum Gasteiger partial charge on any atom is 0.260 e. The van der Waals surface area contributed by atoms with Gasteiger partial charge in [-0.25, -0.2) is 0 Å². The highest BCUT2D eigenvalue weighted by atomic mass is 32.2. The molecule has 176 valence electrons. The van der Waals surface area contributed by atoms with Crippen molar-refractivity contribution in [2.45, 2.75) is 43.9 Å². The number of nitrogens with zero attached hydrogens (tertiary/aromatic N) is 1. The number of hydrogen-bond donors (Lipinski definition) is 1. The van der Waals surface area contributed by atoms with Crippen molar-refractivity contribution in [1.82, 2.24) is 10.2 Å². The molecular formula is C24H34N2O5S. The summed E-state index contributed by atoms with van der Waals surface area (Å²) in [5.41, 5.74) is 0.894. The Bertz CT molecular complexity index is 844. The number of fused-ring (bicyclic) bond motifs is 1. The van der Waals surface area contributed by atoms with Gasteiger partial charge in [0, 0.05) is 44.0 Å². The number of amides is 2. The van der Waals surface area contributed by atoms with Crippen LogP contribution >= 0.6 is 11.8 Å². The molecule has 3 rings (SSSR count). The Labute approximate surface area is 194 Å². The lowest BCUT2D eigenvalue weighted by atomic mass is 9.83. The van der Waals surface area contributed by atoms with Gasteiger partial charge in [0.15, 0.2) is 11.5 Å². The fourth-order valence-corrected chi connectivity index (χ4v) is 5.78. The van der Waals surface area contributed by atoms with Crippen molar-refractivity contribution in [3.63, 3.8) is 0 Å². The summed E-state index contributed by atoms with van der Waals surface area (Å²) in [6.45, 7) is 3.95. The highest BCUT2D eigenvalue weighted by Gasteiger charge is 2.42. The van der Waals surface area contributed by atoms with Gasteiger partial charge in [-0.3, -0.25) is 9.59 Å². The van der Waals surface area contributed by atoms with Crippen molar-refractivity contribution < 1.29 is 23.8 Å². The topological polar surface area (TPSA) is 77.1 Å². The average Bonchev–Trinajstić information content (AvgIpc) is 2.81. The first-order valence-electron chi connectivity index (χ1n) is 11.2. The number of benzene rings is 1. The summed E-state index contributed by atoms with van der Waals surface area (Å²) in [6.07, 6.45) is 5.20. The molecule has 0 bridgehead atoms. The molecule has 0 spiro atoms. The molecule has 1 saturated heterocycles. The second kappa shape index (κ2) is 11.6.